The molecular weight excluding hydrogens is 168 g/mol. The van der Waals surface area contributed by atoms with Crippen LogP contribution in [0.2, 0.25) is 0 Å². The van der Waals surface area contributed by atoms with Crippen LogP contribution in [0, 0.1) is 17.3 Å². The van der Waals surface area contributed by atoms with Crippen LogP contribution in [-0.2, 0) is 14.5 Å². The first-order chi connectivity index (χ1) is 6.01. The fourth-order valence-electron chi connectivity index (χ4n) is 2.98. The van der Waals surface area contributed by atoms with Crippen LogP contribution in [0.4, 0.5) is 0 Å². The van der Waals surface area contributed by atoms with E-state index < -0.39 is 5.79 Å². The highest BCUT2D eigenvalue weighted by Crippen LogP contribution is 2.66. The molecule has 2 bridgehead atoms. The van der Waals surface area contributed by atoms with Gasteiger partial charge in [-0.05, 0) is 24.2 Å². The molecule has 3 aliphatic rings. The molecule has 4 unspecified atom stereocenters. The molecule has 2 saturated heterocycles. The molecule has 1 saturated carbocycles. The van der Waals surface area contributed by atoms with E-state index in [0.717, 1.165) is 24.7 Å². The van der Waals surface area contributed by atoms with Crippen molar-refractivity contribution in [3.63, 3.8) is 0 Å². The van der Waals surface area contributed by atoms with Crippen molar-refractivity contribution in [1.29, 1.82) is 0 Å². The molecular formula is C10H16O3. The average molecular weight is 184 g/mol. The molecule has 0 N–H and O–H groups in total. The lowest BCUT2D eigenvalue weighted by atomic mass is 10.0. The van der Waals surface area contributed by atoms with Gasteiger partial charge in [-0.15, -0.1) is 0 Å². The Morgan fingerprint density at radius 3 is 2.69 bits per heavy atom. The third-order valence-electron chi connectivity index (χ3n) is 4.04. The van der Waals surface area contributed by atoms with Crippen molar-refractivity contribution >= 4 is 0 Å². The smallest absolute Gasteiger partial charge is 0.202 e. The van der Waals surface area contributed by atoms with Gasteiger partial charge in [0.2, 0.25) is 5.79 Å². The lowest BCUT2D eigenvalue weighted by Crippen LogP contribution is -2.27. The minimum atomic E-state index is -0.474. The van der Waals surface area contributed by atoms with Crippen LogP contribution in [0.25, 0.3) is 0 Å². The van der Waals surface area contributed by atoms with Crippen LogP contribution in [-0.4, -0.2) is 12.1 Å². The number of fused-ring (bicyclic) bond motifs is 3. The third-order valence-corrected chi connectivity index (χ3v) is 4.04. The van der Waals surface area contributed by atoms with Gasteiger partial charge in [0.1, 0.15) is 0 Å². The standard InChI is InChI=1S/C10H16O3/c1-9(2)6-4-8-11-10(3,13-12-8)5-7(6)9/h6-8H,4-5H2,1-3H3. The molecule has 13 heavy (non-hydrogen) atoms. The van der Waals surface area contributed by atoms with Crippen LogP contribution < -0.4 is 0 Å². The Bertz CT molecular complexity index is 251. The molecule has 1 aliphatic carbocycles. The zero-order chi connectivity index (χ0) is 9.27. The first-order valence-corrected chi connectivity index (χ1v) is 5.04. The highest BCUT2D eigenvalue weighted by atomic mass is 17.3. The van der Waals surface area contributed by atoms with Gasteiger partial charge in [0, 0.05) is 12.8 Å². The fraction of sp³-hybridized carbons (Fsp3) is 1.00. The maximum Gasteiger partial charge on any atom is 0.202 e. The largest absolute Gasteiger partial charge is 0.315 e. The molecule has 3 rings (SSSR count). The molecule has 2 aliphatic heterocycles. The molecule has 0 spiro atoms. The van der Waals surface area contributed by atoms with Gasteiger partial charge in [-0.3, -0.25) is 0 Å². The fourth-order valence-corrected chi connectivity index (χ4v) is 2.98. The Balaban J connectivity index is 1.87. The number of ether oxygens (including phenoxy) is 1. The summed E-state index contributed by atoms with van der Waals surface area (Å²) in [6.07, 6.45) is 1.84. The highest BCUT2D eigenvalue weighted by Gasteiger charge is 2.64. The lowest BCUT2D eigenvalue weighted by Gasteiger charge is -2.19. The van der Waals surface area contributed by atoms with E-state index in [0.29, 0.717) is 5.41 Å². The second-order valence-electron chi connectivity index (χ2n) is 5.33. The minimum Gasteiger partial charge on any atom is -0.315 e. The van der Waals surface area contributed by atoms with Gasteiger partial charge in [-0.1, -0.05) is 13.8 Å². The topological polar surface area (TPSA) is 27.7 Å². The SMILES string of the molecule is CC12CC3C(CC(OO1)O2)C3(C)C. The number of hydrogen-bond acceptors (Lipinski definition) is 3. The molecule has 3 nitrogen and oxygen atoms in total. The van der Waals surface area contributed by atoms with E-state index in [2.05, 4.69) is 13.8 Å². The van der Waals surface area contributed by atoms with Crippen molar-refractivity contribution in [3.05, 3.63) is 0 Å². The summed E-state index contributed by atoms with van der Waals surface area (Å²) < 4.78 is 5.66. The Kier molecular flexibility index (Phi) is 1.33. The van der Waals surface area contributed by atoms with Crippen LogP contribution in [0.15, 0.2) is 0 Å². The maximum absolute atomic E-state index is 5.66. The van der Waals surface area contributed by atoms with Crippen LogP contribution in [0.5, 0.6) is 0 Å². The monoisotopic (exact) mass is 184 g/mol. The zero-order valence-electron chi connectivity index (χ0n) is 8.37. The van der Waals surface area contributed by atoms with Crippen LogP contribution in [0.1, 0.15) is 33.6 Å². The molecule has 0 aromatic heterocycles. The first kappa shape index (κ1) is 8.21. The van der Waals surface area contributed by atoms with Crippen molar-refractivity contribution in [2.75, 3.05) is 0 Å². The summed E-state index contributed by atoms with van der Waals surface area (Å²) in [5.74, 6) is 1.05. The van der Waals surface area contributed by atoms with Gasteiger partial charge in [0.15, 0.2) is 6.29 Å². The van der Waals surface area contributed by atoms with Crippen molar-refractivity contribution in [2.45, 2.75) is 45.7 Å². The quantitative estimate of drug-likeness (QED) is 0.539. The summed E-state index contributed by atoms with van der Waals surface area (Å²) in [5.41, 5.74) is 0.473. The van der Waals surface area contributed by atoms with E-state index in [1.807, 2.05) is 6.92 Å². The predicted molar refractivity (Wildman–Crippen MR) is 45.4 cm³/mol. The third kappa shape index (κ3) is 1.01. The van der Waals surface area contributed by atoms with E-state index in [9.17, 15) is 0 Å². The number of rotatable bonds is 0. The minimum absolute atomic E-state index is 0.123. The van der Waals surface area contributed by atoms with E-state index >= 15 is 0 Å². The maximum atomic E-state index is 5.66. The summed E-state index contributed by atoms with van der Waals surface area (Å²) in [6, 6.07) is 0. The van der Waals surface area contributed by atoms with Gasteiger partial charge in [-0.25, -0.2) is 4.89 Å². The molecule has 0 radical (unpaired) electrons. The van der Waals surface area contributed by atoms with Crippen LogP contribution >= 0.6 is 0 Å². The second kappa shape index (κ2) is 2.10. The Morgan fingerprint density at radius 1 is 1.15 bits per heavy atom. The van der Waals surface area contributed by atoms with Crippen molar-refractivity contribution < 1.29 is 14.5 Å². The van der Waals surface area contributed by atoms with Crippen LogP contribution in [0.3, 0.4) is 0 Å². The molecule has 0 aromatic carbocycles. The van der Waals surface area contributed by atoms with E-state index in [-0.39, 0.29) is 6.29 Å². The summed E-state index contributed by atoms with van der Waals surface area (Å²) in [4.78, 5) is 10.3. The van der Waals surface area contributed by atoms with Gasteiger partial charge in [0.25, 0.3) is 0 Å². The van der Waals surface area contributed by atoms with E-state index in [1.165, 1.54) is 0 Å². The predicted octanol–water partition coefficient (Wildman–Crippen LogP) is 2.07. The Labute approximate surface area is 78.3 Å². The Morgan fingerprint density at radius 2 is 1.92 bits per heavy atom. The van der Waals surface area contributed by atoms with Crippen molar-refractivity contribution in [2.24, 2.45) is 17.3 Å². The second-order valence-corrected chi connectivity index (χ2v) is 5.33. The van der Waals surface area contributed by atoms with E-state index in [4.69, 9.17) is 14.5 Å². The molecule has 74 valence electrons. The number of hydrogen-bond donors (Lipinski definition) is 0. The first-order valence-electron chi connectivity index (χ1n) is 5.04. The zero-order valence-corrected chi connectivity index (χ0v) is 8.37. The van der Waals surface area contributed by atoms with Crippen molar-refractivity contribution in [3.8, 4) is 0 Å². The van der Waals surface area contributed by atoms with Gasteiger partial charge < -0.3 is 4.74 Å². The average Bonchev–Trinajstić information content (AvgIpc) is 2.37. The van der Waals surface area contributed by atoms with E-state index in [1.54, 1.807) is 0 Å². The molecule has 2 heterocycles. The van der Waals surface area contributed by atoms with Crippen molar-refractivity contribution in [1.82, 2.24) is 0 Å². The molecule has 3 fully saturated rings. The lowest BCUT2D eigenvalue weighted by molar-refractivity contribution is -0.331. The summed E-state index contributed by atoms with van der Waals surface area (Å²) in [6.45, 7) is 6.64. The summed E-state index contributed by atoms with van der Waals surface area (Å²) in [7, 11) is 0. The Hall–Kier alpha value is -0.120. The summed E-state index contributed by atoms with van der Waals surface area (Å²) >= 11 is 0. The van der Waals surface area contributed by atoms with Gasteiger partial charge in [0.05, 0.1) is 0 Å². The summed E-state index contributed by atoms with van der Waals surface area (Å²) in [5, 5.41) is 0. The molecule has 0 aromatic rings. The molecule has 3 heteroatoms. The highest BCUT2D eigenvalue weighted by molar-refractivity contribution is 5.08. The van der Waals surface area contributed by atoms with Gasteiger partial charge >= 0.3 is 0 Å². The normalized spacial score (nSPS) is 57.0. The molecule has 4 atom stereocenters. The van der Waals surface area contributed by atoms with Gasteiger partial charge in [-0.2, -0.15) is 4.89 Å². The molecule has 0 amide bonds.